The van der Waals surface area contributed by atoms with Crippen LogP contribution in [-0.4, -0.2) is 28.3 Å². The molecule has 0 aliphatic carbocycles. The molecule has 1 amide bonds. The molecule has 0 aliphatic heterocycles. The molecule has 2 heterocycles. The predicted octanol–water partition coefficient (Wildman–Crippen LogP) is 5.95. The third kappa shape index (κ3) is 5.20. The van der Waals surface area contributed by atoms with E-state index in [0.29, 0.717) is 5.69 Å². The molecule has 5 rings (SSSR count). The highest BCUT2D eigenvalue weighted by molar-refractivity contribution is 7.13. The first-order chi connectivity index (χ1) is 17.2. The number of benzene rings is 3. The molecule has 0 saturated heterocycles. The second-order valence-electron chi connectivity index (χ2n) is 7.71. The minimum atomic E-state index is -0.609. The Balaban J connectivity index is 1.26. The molecule has 0 spiro atoms. The Kier molecular flexibility index (Phi) is 6.50. The lowest BCUT2D eigenvalue weighted by Crippen LogP contribution is -2.20. The van der Waals surface area contributed by atoms with Crippen molar-refractivity contribution < 1.29 is 14.3 Å². The van der Waals surface area contributed by atoms with Crippen molar-refractivity contribution in [1.29, 1.82) is 0 Å². The maximum atomic E-state index is 12.4. The Labute approximate surface area is 206 Å². The lowest BCUT2D eigenvalue weighted by molar-refractivity contribution is -0.142. The van der Waals surface area contributed by atoms with Gasteiger partial charge in [-0.25, -0.2) is 9.48 Å². The highest BCUT2D eigenvalue weighted by Crippen LogP contribution is 2.28. The summed E-state index contributed by atoms with van der Waals surface area (Å²) in [6.45, 7) is -0.381. The Morgan fingerprint density at radius 1 is 0.943 bits per heavy atom. The molecule has 35 heavy (non-hydrogen) atoms. The van der Waals surface area contributed by atoms with Crippen molar-refractivity contribution in [2.75, 3.05) is 11.9 Å². The van der Waals surface area contributed by atoms with Gasteiger partial charge in [0.2, 0.25) is 0 Å². The predicted molar refractivity (Wildman–Crippen MR) is 139 cm³/mol. The molecule has 3 aromatic carbocycles. The van der Waals surface area contributed by atoms with Crippen molar-refractivity contribution in [2.24, 2.45) is 0 Å². The van der Waals surface area contributed by atoms with Crippen LogP contribution in [0, 0.1) is 0 Å². The fraction of sp³-hybridized carbons (Fsp3) is 0.0357. The molecular weight excluding hydrogens is 458 g/mol. The van der Waals surface area contributed by atoms with Crippen LogP contribution in [0.1, 0.15) is 5.56 Å². The van der Waals surface area contributed by atoms with Gasteiger partial charge in [-0.3, -0.25) is 4.79 Å². The number of esters is 1. The summed E-state index contributed by atoms with van der Waals surface area (Å²) >= 11 is 1.57. The third-order valence-corrected chi connectivity index (χ3v) is 6.20. The van der Waals surface area contributed by atoms with Crippen molar-refractivity contribution in [1.82, 2.24) is 9.78 Å². The zero-order valence-corrected chi connectivity index (χ0v) is 19.4. The lowest BCUT2D eigenvalue weighted by Gasteiger charge is -2.08. The van der Waals surface area contributed by atoms with Gasteiger partial charge in [-0.1, -0.05) is 60.7 Å². The largest absolute Gasteiger partial charge is 0.452 e. The van der Waals surface area contributed by atoms with Gasteiger partial charge in [-0.15, -0.1) is 11.3 Å². The molecule has 0 saturated carbocycles. The van der Waals surface area contributed by atoms with Gasteiger partial charge in [-0.05, 0) is 41.1 Å². The number of carbonyl (C=O) groups is 2. The molecule has 1 N–H and O–H groups in total. The minimum Gasteiger partial charge on any atom is -0.452 e. The van der Waals surface area contributed by atoms with Crippen LogP contribution in [0.5, 0.6) is 0 Å². The topological polar surface area (TPSA) is 73.2 Å². The van der Waals surface area contributed by atoms with E-state index >= 15 is 0 Å². The first-order valence-electron chi connectivity index (χ1n) is 11.0. The molecule has 172 valence electrons. The summed E-state index contributed by atoms with van der Waals surface area (Å²) in [6.07, 6.45) is 4.84. The van der Waals surface area contributed by atoms with Crippen LogP contribution in [-0.2, 0) is 14.3 Å². The van der Waals surface area contributed by atoms with Crippen LogP contribution in [0.3, 0.4) is 0 Å². The second kappa shape index (κ2) is 10.2. The summed E-state index contributed by atoms with van der Waals surface area (Å²) in [4.78, 5) is 25.7. The molecule has 7 heteroatoms. The number of ether oxygens (including phenoxy) is 1. The number of aromatic nitrogens is 2. The number of thiophene rings is 1. The summed E-state index contributed by atoms with van der Waals surface area (Å²) in [5, 5.41) is 11.4. The zero-order valence-electron chi connectivity index (χ0n) is 18.6. The van der Waals surface area contributed by atoms with E-state index in [0.717, 1.165) is 32.6 Å². The molecule has 0 unspecified atom stereocenters. The number of fused-ring (bicyclic) bond motifs is 1. The Morgan fingerprint density at radius 2 is 1.74 bits per heavy atom. The zero-order chi connectivity index (χ0) is 24.0. The summed E-state index contributed by atoms with van der Waals surface area (Å²) in [5.41, 5.74) is 3.13. The molecule has 0 aliphatic rings. The van der Waals surface area contributed by atoms with Gasteiger partial charge in [0.15, 0.2) is 6.61 Å². The maximum Gasteiger partial charge on any atom is 0.331 e. The lowest BCUT2D eigenvalue weighted by atomic mass is 10.1. The van der Waals surface area contributed by atoms with Crippen molar-refractivity contribution in [3.05, 3.63) is 108 Å². The second-order valence-corrected chi connectivity index (χ2v) is 8.65. The van der Waals surface area contributed by atoms with Gasteiger partial charge in [0.05, 0.1) is 10.6 Å². The molecule has 5 aromatic rings. The van der Waals surface area contributed by atoms with E-state index in [1.165, 1.54) is 6.08 Å². The Hall–Kier alpha value is -4.49. The van der Waals surface area contributed by atoms with Gasteiger partial charge < -0.3 is 10.1 Å². The molecule has 0 fully saturated rings. The smallest absolute Gasteiger partial charge is 0.331 e. The molecule has 0 radical (unpaired) electrons. The van der Waals surface area contributed by atoms with Crippen LogP contribution in [0.2, 0.25) is 0 Å². The van der Waals surface area contributed by atoms with Gasteiger partial charge in [0.1, 0.15) is 5.69 Å². The van der Waals surface area contributed by atoms with Crippen LogP contribution < -0.4 is 5.32 Å². The number of hydrogen-bond donors (Lipinski definition) is 1. The summed E-state index contributed by atoms with van der Waals surface area (Å²) < 4.78 is 6.94. The fourth-order valence-electron chi connectivity index (χ4n) is 3.69. The van der Waals surface area contributed by atoms with Gasteiger partial charge in [-0.2, -0.15) is 5.10 Å². The average Bonchev–Trinajstić information content (AvgIpc) is 3.57. The number of anilines is 1. The number of carbonyl (C=O) groups excluding carboxylic acids is 2. The van der Waals surface area contributed by atoms with E-state index < -0.39 is 11.9 Å². The van der Waals surface area contributed by atoms with Crippen LogP contribution in [0.25, 0.3) is 33.1 Å². The standard InChI is InChI=1S/C28H21N3O3S/c32-26(29-24-13-6-9-20-8-4-5-12-23(20)24)19-34-27(33)16-15-21-18-31(22-10-2-1-3-11-22)30-28(21)25-14-7-17-35-25/h1-18H,19H2,(H,29,32). The van der Waals surface area contributed by atoms with E-state index in [9.17, 15) is 9.59 Å². The molecule has 0 bridgehead atoms. The van der Waals surface area contributed by atoms with Crippen LogP contribution >= 0.6 is 11.3 Å². The highest BCUT2D eigenvalue weighted by atomic mass is 32.1. The number of amides is 1. The summed E-state index contributed by atoms with van der Waals surface area (Å²) in [5.74, 6) is -1.01. The third-order valence-electron chi connectivity index (χ3n) is 5.33. The average molecular weight is 480 g/mol. The SMILES string of the molecule is O=C(COC(=O)C=Cc1cn(-c2ccccc2)nc1-c1cccs1)Nc1cccc2ccccc12. The van der Waals surface area contributed by atoms with E-state index in [1.807, 2.05) is 96.5 Å². The quantitative estimate of drug-likeness (QED) is 0.231. The van der Waals surface area contributed by atoms with Crippen LogP contribution in [0.4, 0.5) is 5.69 Å². The Morgan fingerprint density at radius 3 is 2.57 bits per heavy atom. The van der Waals surface area contributed by atoms with Gasteiger partial charge >= 0.3 is 5.97 Å². The summed E-state index contributed by atoms with van der Waals surface area (Å²) in [6, 6.07) is 27.1. The number of para-hydroxylation sites is 1. The van der Waals surface area contributed by atoms with Gasteiger partial charge in [0.25, 0.3) is 5.91 Å². The number of rotatable bonds is 7. The number of nitrogens with zero attached hydrogens (tertiary/aromatic N) is 2. The van der Waals surface area contributed by atoms with Crippen molar-refractivity contribution in [3.63, 3.8) is 0 Å². The fourth-order valence-corrected chi connectivity index (χ4v) is 4.42. The number of hydrogen-bond acceptors (Lipinski definition) is 5. The Bertz CT molecular complexity index is 1500. The van der Waals surface area contributed by atoms with Crippen molar-refractivity contribution in [3.8, 4) is 16.3 Å². The van der Waals surface area contributed by atoms with E-state index in [1.54, 1.807) is 22.1 Å². The first kappa shape index (κ1) is 22.3. The van der Waals surface area contributed by atoms with E-state index in [2.05, 4.69) is 5.32 Å². The minimum absolute atomic E-state index is 0.381. The monoisotopic (exact) mass is 479 g/mol. The van der Waals surface area contributed by atoms with Crippen LogP contribution in [0.15, 0.2) is 103 Å². The van der Waals surface area contributed by atoms with Crippen molar-refractivity contribution in [2.45, 2.75) is 0 Å². The van der Waals surface area contributed by atoms with E-state index in [4.69, 9.17) is 9.84 Å². The molecular formula is C28H21N3O3S. The molecule has 0 atom stereocenters. The summed E-state index contributed by atoms with van der Waals surface area (Å²) in [7, 11) is 0. The maximum absolute atomic E-state index is 12.4. The normalized spacial score (nSPS) is 11.1. The first-order valence-corrected chi connectivity index (χ1v) is 11.9. The molecule has 2 aromatic heterocycles. The highest BCUT2D eigenvalue weighted by Gasteiger charge is 2.13. The molecule has 6 nitrogen and oxygen atoms in total. The number of nitrogens with one attached hydrogen (secondary N) is 1. The van der Waals surface area contributed by atoms with Gasteiger partial charge in [0, 0.05) is 28.9 Å². The van der Waals surface area contributed by atoms with Crippen molar-refractivity contribution >= 4 is 45.7 Å². The van der Waals surface area contributed by atoms with E-state index in [-0.39, 0.29) is 6.61 Å².